The van der Waals surface area contributed by atoms with Crippen molar-refractivity contribution in [2.24, 2.45) is 0 Å². The topological polar surface area (TPSA) is 72.9 Å². The van der Waals surface area contributed by atoms with Crippen molar-refractivity contribution >= 4 is 23.4 Å². The van der Waals surface area contributed by atoms with Crippen LogP contribution in [0.3, 0.4) is 0 Å². The van der Waals surface area contributed by atoms with Crippen LogP contribution >= 0.6 is 0 Å². The van der Waals surface area contributed by atoms with Crippen LogP contribution in [0.25, 0.3) is 0 Å². The molecule has 20 heavy (non-hydrogen) atoms. The molecule has 1 aliphatic heterocycles. The zero-order valence-electron chi connectivity index (χ0n) is 11.7. The van der Waals surface area contributed by atoms with Gasteiger partial charge >= 0.3 is 12.0 Å². The van der Waals surface area contributed by atoms with E-state index in [-0.39, 0.29) is 6.03 Å². The molecule has 1 heterocycles. The summed E-state index contributed by atoms with van der Waals surface area (Å²) in [6.07, 6.45) is 1.24. The lowest BCUT2D eigenvalue weighted by atomic mass is 10.2. The Morgan fingerprint density at radius 2 is 2.15 bits per heavy atom. The molecular formula is C14H19N3O3. The van der Waals surface area contributed by atoms with Gasteiger partial charge in [-0.25, -0.2) is 9.59 Å². The average Bonchev–Trinajstić information content (AvgIpc) is 2.88. The number of anilines is 2. The number of hydrogen-bond acceptors (Lipinski definition) is 3. The lowest BCUT2D eigenvalue weighted by Gasteiger charge is -2.22. The second kappa shape index (κ2) is 5.81. The summed E-state index contributed by atoms with van der Waals surface area (Å²) in [6, 6.07) is 6.35. The molecule has 0 radical (unpaired) electrons. The number of urea groups is 1. The second-order valence-electron chi connectivity index (χ2n) is 5.06. The minimum atomic E-state index is -0.945. The molecule has 0 aromatic heterocycles. The van der Waals surface area contributed by atoms with Crippen molar-refractivity contribution in [1.82, 2.24) is 4.90 Å². The normalized spacial score (nSPS) is 17.9. The van der Waals surface area contributed by atoms with Crippen LogP contribution in [0.2, 0.25) is 0 Å². The highest BCUT2D eigenvalue weighted by molar-refractivity contribution is 5.93. The van der Waals surface area contributed by atoms with Gasteiger partial charge < -0.3 is 20.2 Å². The van der Waals surface area contributed by atoms with E-state index in [9.17, 15) is 9.59 Å². The lowest BCUT2D eigenvalue weighted by molar-refractivity contribution is -0.141. The van der Waals surface area contributed by atoms with Crippen LogP contribution in [-0.2, 0) is 4.79 Å². The molecule has 6 heteroatoms. The van der Waals surface area contributed by atoms with E-state index in [1.807, 2.05) is 37.2 Å². The molecule has 0 saturated carbocycles. The summed E-state index contributed by atoms with van der Waals surface area (Å²) < 4.78 is 0. The second-order valence-corrected chi connectivity index (χ2v) is 5.06. The number of likely N-dealkylation sites (tertiary alicyclic amines) is 1. The fourth-order valence-electron chi connectivity index (χ4n) is 2.32. The molecule has 0 aliphatic carbocycles. The van der Waals surface area contributed by atoms with Crippen LogP contribution in [0.5, 0.6) is 0 Å². The molecule has 0 bridgehead atoms. The fourth-order valence-corrected chi connectivity index (χ4v) is 2.32. The van der Waals surface area contributed by atoms with Gasteiger partial charge in [0.1, 0.15) is 6.04 Å². The summed E-state index contributed by atoms with van der Waals surface area (Å²) in [7, 11) is 3.84. The third kappa shape index (κ3) is 3.01. The van der Waals surface area contributed by atoms with Gasteiger partial charge in [0, 0.05) is 32.0 Å². The molecule has 2 amide bonds. The summed E-state index contributed by atoms with van der Waals surface area (Å²) in [5, 5.41) is 11.8. The van der Waals surface area contributed by atoms with Crippen molar-refractivity contribution in [2.45, 2.75) is 18.9 Å². The molecule has 2 rings (SSSR count). The first-order chi connectivity index (χ1) is 9.49. The van der Waals surface area contributed by atoms with Gasteiger partial charge in [0.25, 0.3) is 0 Å². The van der Waals surface area contributed by atoms with Gasteiger partial charge in [0.15, 0.2) is 0 Å². The zero-order chi connectivity index (χ0) is 14.7. The van der Waals surface area contributed by atoms with E-state index in [1.54, 1.807) is 6.07 Å². The maximum atomic E-state index is 12.1. The highest BCUT2D eigenvalue weighted by Crippen LogP contribution is 2.21. The molecule has 0 spiro atoms. The first-order valence-electron chi connectivity index (χ1n) is 6.57. The predicted octanol–water partition coefficient (Wildman–Crippen LogP) is 1.83. The highest BCUT2D eigenvalue weighted by atomic mass is 16.4. The Morgan fingerprint density at radius 3 is 2.80 bits per heavy atom. The maximum Gasteiger partial charge on any atom is 0.326 e. The third-order valence-electron chi connectivity index (χ3n) is 3.41. The van der Waals surface area contributed by atoms with Crippen molar-refractivity contribution in [3.05, 3.63) is 24.3 Å². The molecule has 1 aromatic carbocycles. The number of aliphatic carboxylic acids is 1. The van der Waals surface area contributed by atoms with Crippen LogP contribution < -0.4 is 10.2 Å². The average molecular weight is 277 g/mol. The molecule has 1 saturated heterocycles. The van der Waals surface area contributed by atoms with E-state index < -0.39 is 12.0 Å². The largest absolute Gasteiger partial charge is 0.480 e. The number of carboxylic acids is 1. The Labute approximate surface area is 118 Å². The first-order valence-corrected chi connectivity index (χ1v) is 6.57. The van der Waals surface area contributed by atoms with Crippen molar-refractivity contribution in [2.75, 3.05) is 30.9 Å². The van der Waals surface area contributed by atoms with Crippen LogP contribution in [0.15, 0.2) is 24.3 Å². The SMILES string of the molecule is CN(C)c1cccc(NC(=O)N2CCC[C@@H]2C(=O)O)c1. The van der Waals surface area contributed by atoms with Crippen molar-refractivity contribution in [3.8, 4) is 0 Å². The summed E-state index contributed by atoms with van der Waals surface area (Å²) >= 11 is 0. The van der Waals surface area contributed by atoms with Crippen LogP contribution in [0, 0.1) is 0 Å². The molecule has 6 nitrogen and oxygen atoms in total. The Kier molecular flexibility index (Phi) is 4.12. The van der Waals surface area contributed by atoms with Crippen LogP contribution in [0.1, 0.15) is 12.8 Å². The lowest BCUT2D eigenvalue weighted by Crippen LogP contribution is -2.42. The summed E-state index contributed by atoms with van der Waals surface area (Å²) in [4.78, 5) is 26.5. The molecule has 1 aliphatic rings. The Bertz CT molecular complexity index is 516. The van der Waals surface area contributed by atoms with Gasteiger partial charge in [0.2, 0.25) is 0 Å². The summed E-state index contributed by atoms with van der Waals surface area (Å²) in [6.45, 7) is 0.482. The quantitative estimate of drug-likeness (QED) is 0.884. The Hall–Kier alpha value is -2.24. The summed E-state index contributed by atoms with van der Waals surface area (Å²) in [5.41, 5.74) is 1.64. The number of rotatable bonds is 3. The number of carbonyl (C=O) groups excluding carboxylic acids is 1. The van der Waals surface area contributed by atoms with Crippen LogP contribution in [0.4, 0.5) is 16.2 Å². The van der Waals surface area contributed by atoms with Gasteiger partial charge in [-0.2, -0.15) is 0 Å². The molecule has 108 valence electrons. The number of carboxylic acid groups (broad SMARTS) is 1. The van der Waals surface area contributed by atoms with Crippen molar-refractivity contribution in [3.63, 3.8) is 0 Å². The van der Waals surface area contributed by atoms with E-state index in [2.05, 4.69) is 5.32 Å². The molecule has 1 atom stereocenters. The van der Waals surface area contributed by atoms with Gasteiger partial charge in [-0.3, -0.25) is 0 Å². The number of benzene rings is 1. The van der Waals surface area contributed by atoms with Crippen molar-refractivity contribution in [1.29, 1.82) is 0 Å². The monoisotopic (exact) mass is 277 g/mol. The van der Waals surface area contributed by atoms with E-state index >= 15 is 0 Å². The minimum absolute atomic E-state index is 0.356. The Balaban J connectivity index is 2.08. The smallest absolute Gasteiger partial charge is 0.326 e. The molecule has 1 aromatic rings. The number of carbonyl (C=O) groups is 2. The van der Waals surface area contributed by atoms with E-state index in [1.165, 1.54) is 4.90 Å². The van der Waals surface area contributed by atoms with E-state index in [4.69, 9.17) is 5.11 Å². The molecular weight excluding hydrogens is 258 g/mol. The van der Waals surface area contributed by atoms with E-state index in [0.29, 0.717) is 18.7 Å². The Morgan fingerprint density at radius 1 is 1.40 bits per heavy atom. The molecule has 0 unspecified atom stereocenters. The number of hydrogen-bond donors (Lipinski definition) is 2. The van der Waals surface area contributed by atoms with Gasteiger partial charge in [0.05, 0.1) is 0 Å². The molecule has 1 fully saturated rings. The fraction of sp³-hybridized carbons (Fsp3) is 0.429. The first kappa shape index (κ1) is 14.2. The summed E-state index contributed by atoms with van der Waals surface area (Å²) in [5.74, 6) is -0.945. The standard InChI is InChI=1S/C14H19N3O3/c1-16(2)11-6-3-5-10(9-11)15-14(20)17-8-4-7-12(17)13(18)19/h3,5-6,9,12H,4,7-8H2,1-2H3,(H,15,20)(H,18,19)/t12-/m1/s1. The van der Waals surface area contributed by atoms with Crippen LogP contribution in [-0.4, -0.2) is 48.7 Å². The zero-order valence-corrected chi connectivity index (χ0v) is 11.7. The van der Waals surface area contributed by atoms with Crippen molar-refractivity contribution < 1.29 is 14.7 Å². The maximum absolute atomic E-state index is 12.1. The van der Waals surface area contributed by atoms with Gasteiger partial charge in [-0.05, 0) is 31.0 Å². The number of nitrogens with one attached hydrogen (secondary N) is 1. The van der Waals surface area contributed by atoms with Gasteiger partial charge in [-0.1, -0.05) is 6.07 Å². The number of nitrogens with zero attached hydrogens (tertiary/aromatic N) is 2. The minimum Gasteiger partial charge on any atom is -0.480 e. The molecule has 2 N–H and O–H groups in total. The number of amides is 2. The highest BCUT2D eigenvalue weighted by Gasteiger charge is 2.33. The van der Waals surface area contributed by atoms with Gasteiger partial charge in [-0.15, -0.1) is 0 Å². The predicted molar refractivity (Wildman–Crippen MR) is 77.2 cm³/mol. The third-order valence-corrected chi connectivity index (χ3v) is 3.41. The van der Waals surface area contributed by atoms with E-state index in [0.717, 1.165) is 12.1 Å².